The fourth-order valence-electron chi connectivity index (χ4n) is 5.63. The first-order valence-corrected chi connectivity index (χ1v) is 14.9. The minimum absolute atomic E-state index is 0.123. The van der Waals surface area contributed by atoms with Gasteiger partial charge < -0.3 is 0 Å². The van der Waals surface area contributed by atoms with Crippen LogP contribution >= 0.6 is 0 Å². The Morgan fingerprint density at radius 3 is 2.11 bits per heavy atom. The van der Waals surface area contributed by atoms with Crippen LogP contribution in [-0.2, 0) is 35.1 Å². The first kappa shape index (κ1) is 26.6. The van der Waals surface area contributed by atoms with Crippen LogP contribution in [0.3, 0.4) is 0 Å². The van der Waals surface area contributed by atoms with E-state index in [1.807, 2.05) is 0 Å². The van der Waals surface area contributed by atoms with Gasteiger partial charge in [0.05, 0.1) is 0 Å². The molecule has 0 aliphatic heterocycles. The Balaban J connectivity index is 0.000000356. The maximum absolute atomic E-state index is 2.45. The Bertz CT molecular complexity index is 1290. The van der Waals surface area contributed by atoms with E-state index in [2.05, 4.69) is 97.0 Å². The second-order valence-electron chi connectivity index (χ2n) is 12.5. The summed E-state index contributed by atoms with van der Waals surface area (Å²) in [4.78, 5) is 0. The topological polar surface area (TPSA) is 0 Å². The summed E-state index contributed by atoms with van der Waals surface area (Å²) in [5.41, 5.74) is 7.69. The molecule has 0 N–H and O–H groups in total. The van der Waals surface area contributed by atoms with Crippen molar-refractivity contribution < 1.29 is 24.2 Å². The number of hydrogen-bond donors (Lipinski definition) is 0. The summed E-state index contributed by atoms with van der Waals surface area (Å²) in [6.07, 6.45) is 14.1. The van der Waals surface area contributed by atoms with Crippen LogP contribution in [0.2, 0.25) is 0 Å². The van der Waals surface area contributed by atoms with Gasteiger partial charge in [0.2, 0.25) is 0 Å². The van der Waals surface area contributed by atoms with Crippen LogP contribution < -0.4 is 0 Å². The molecule has 35 heavy (non-hydrogen) atoms. The normalized spacial score (nSPS) is 16.8. The zero-order valence-corrected chi connectivity index (χ0v) is 25.5. The van der Waals surface area contributed by atoms with E-state index in [-0.39, 0.29) is 10.8 Å². The number of hydrogen-bond acceptors (Lipinski definition) is 0. The summed E-state index contributed by atoms with van der Waals surface area (Å²) in [5.74, 6) is 0. The van der Waals surface area contributed by atoms with E-state index in [0.29, 0.717) is 0 Å². The van der Waals surface area contributed by atoms with Crippen LogP contribution in [0.15, 0.2) is 54.1 Å². The molecule has 2 aliphatic rings. The molecule has 0 aromatic heterocycles. The number of benzene rings is 2. The predicted octanol–water partition coefficient (Wildman–Crippen LogP) is 10.1. The Morgan fingerprint density at radius 1 is 0.857 bits per heavy atom. The summed E-state index contributed by atoms with van der Waals surface area (Å²) < 4.78 is 1.80. The van der Waals surface area contributed by atoms with Gasteiger partial charge in [-0.1, -0.05) is 113 Å². The van der Waals surface area contributed by atoms with Crippen molar-refractivity contribution in [3.05, 3.63) is 70.8 Å². The molecule has 0 atom stereocenters. The molecule has 0 amide bonds. The molecule has 0 unspecified atom stereocenters. The zero-order valence-electron chi connectivity index (χ0n) is 23.1. The number of rotatable bonds is 2. The average Bonchev–Trinajstić information content (AvgIpc) is 3.42. The van der Waals surface area contributed by atoms with Crippen LogP contribution in [0, 0.1) is 0 Å². The van der Waals surface area contributed by atoms with Gasteiger partial charge in [0, 0.05) is 0 Å². The van der Waals surface area contributed by atoms with E-state index < -0.39 is 0 Å². The van der Waals surface area contributed by atoms with Gasteiger partial charge in [-0.3, -0.25) is 0 Å². The molecule has 0 saturated heterocycles. The van der Waals surface area contributed by atoms with Gasteiger partial charge in [-0.25, -0.2) is 0 Å². The Morgan fingerprint density at radius 2 is 1.54 bits per heavy atom. The molecule has 3 aromatic carbocycles. The van der Waals surface area contributed by atoms with E-state index >= 15 is 0 Å². The zero-order chi connectivity index (χ0) is 25.4. The van der Waals surface area contributed by atoms with Crippen LogP contribution in [0.5, 0.6) is 0 Å². The first-order valence-electron chi connectivity index (χ1n) is 13.6. The molecule has 1 fully saturated rings. The van der Waals surface area contributed by atoms with Gasteiger partial charge in [-0.2, -0.15) is 0 Å². The van der Waals surface area contributed by atoms with Crippen molar-refractivity contribution in [3.8, 4) is 0 Å². The summed E-state index contributed by atoms with van der Waals surface area (Å²) in [6, 6.07) is 14.2. The molecule has 0 spiro atoms. The molecular weight excluding hydrogens is 500 g/mol. The molecule has 0 heterocycles. The Labute approximate surface area is 228 Å². The van der Waals surface area contributed by atoms with E-state index in [1.165, 1.54) is 81.5 Å². The molecule has 0 nitrogen and oxygen atoms in total. The summed E-state index contributed by atoms with van der Waals surface area (Å²) >= 11 is 1.69. The maximum atomic E-state index is 2.45. The van der Waals surface area contributed by atoms with Crippen molar-refractivity contribution in [2.24, 2.45) is 0 Å². The third kappa shape index (κ3) is 5.77. The van der Waals surface area contributed by atoms with E-state index in [4.69, 9.17) is 0 Å². The molecule has 5 rings (SSSR count). The SMILES string of the molecule is CCC1=C(c2c(C(C)(C)C)ccc3c2[cH-]c2cc(C(C)(C)C)ccc23)CC=C1.[Zr]=[C]1CCCCC1. The molecular formula is C34H43Zr-. The minimum atomic E-state index is 0.123. The van der Waals surface area contributed by atoms with Crippen molar-refractivity contribution in [2.45, 2.75) is 104 Å². The van der Waals surface area contributed by atoms with E-state index in [9.17, 15) is 0 Å². The third-order valence-electron chi connectivity index (χ3n) is 7.73. The second-order valence-corrected chi connectivity index (χ2v) is 14.3. The molecule has 1 heteroatoms. The summed E-state index contributed by atoms with van der Waals surface area (Å²) in [5, 5.41) is 5.58. The quantitative estimate of drug-likeness (QED) is 0.283. The van der Waals surface area contributed by atoms with Gasteiger partial charge in [-0.05, 0) is 23.7 Å². The average molecular weight is 543 g/mol. The second kappa shape index (κ2) is 10.5. The van der Waals surface area contributed by atoms with Crippen LogP contribution in [0.1, 0.15) is 110 Å². The van der Waals surface area contributed by atoms with E-state index in [1.54, 1.807) is 27.4 Å². The van der Waals surface area contributed by atoms with Gasteiger partial charge >= 0.3 is 59.5 Å². The van der Waals surface area contributed by atoms with Crippen LogP contribution in [0.25, 0.3) is 27.1 Å². The fraction of sp³-hybridized carbons (Fsp3) is 0.471. The molecule has 0 bridgehead atoms. The first-order chi connectivity index (χ1) is 16.5. The van der Waals surface area contributed by atoms with Crippen LogP contribution in [-0.4, -0.2) is 3.21 Å². The van der Waals surface area contributed by atoms with Crippen molar-refractivity contribution in [3.63, 3.8) is 0 Å². The number of allylic oxidation sites excluding steroid dienone is 4. The van der Waals surface area contributed by atoms with Crippen molar-refractivity contribution in [2.75, 3.05) is 0 Å². The number of fused-ring (bicyclic) bond motifs is 3. The summed E-state index contributed by atoms with van der Waals surface area (Å²) in [7, 11) is 0. The molecule has 1 saturated carbocycles. The Hall–Kier alpha value is -1.46. The van der Waals surface area contributed by atoms with Crippen LogP contribution in [0.4, 0.5) is 0 Å². The van der Waals surface area contributed by atoms with Gasteiger partial charge in [0.1, 0.15) is 0 Å². The van der Waals surface area contributed by atoms with Crippen molar-refractivity contribution >= 4 is 30.3 Å². The third-order valence-corrected chi connectivity index (χ3v) is 8.96. The van der Waals surface area contributed by atoms with Gasteiger partial charge in [-0.15, -0.1) is 33.7 Å². The van der Waals surface area contributed by atoms with Crippen molar-refractivity contribution in [1.29, 1.82) is 0 Å². The monoisotopic (exact) mass is 541 g/mol. The fourth-order valence-corrected chi connectivity index (χ4v) is 6.50. The molecule has 184 valence electrons. The molecule has 3 aromatic rings. The molecule has 0 radical (unpaired) electrons. The predicted molar refractivity (Wildman–Crippen MR) is 154 cm³/mol. The Kier molecular flexibility index (Phi) is 7.98. The van der Waals surface area contributed by atoms with Gasteiger partial charge in [0.25, 0.3) is 0 Å². The summed E-state index contributed by atoms with van der Waals surface area (Å²) in [6.45, 7) is 16.2. The molecule has 2 aliphatic carbocycles. The van der Waals surface area contributed by atoms with E-state index in [0.717, 1.165) is 12.8 Å². The van der Waals surface area contributed by atoms with Crippen molar-refractivity contribution in [1.82, 2.24) is 0 Å². The standard InChI is InChI=1S/C28H33.C6H10.Zr/c1-8-18-10-9-11-22(18)26-24-17-19-16-20(27(2,3)4)12-13-21(19)23(24)14-15-25(26)28(5,6)7;1-2-4-6-5-3-1;/h9-10,12-17H,8,11H2,1-7H3;1-5H2;/q-1;;. The van der Waals surface area contributed by atoms with Gasteiger partial charge in [0.15, 0.2) is 0 Å².